The van der Waals surface area contributed by atoms with Crippen molar-refractivity contribution in [1.82, 2.24) is 14.8 Å². The zero-order valence-electron chi connectivity index (χ0n) is 13.9. The van der Waals surface area contributed by atoms with Crippen molar-refractivity contribution >= 4 is 15.9 Å². The molecule has 1 amide bonds. The van der Waals surface area contributed by atoms with Crippen LogP contribution < -0.4 is 10.2 Å². The average molecular weight is 377 g/mol. The molecule has 9 heteroatoms. The van der Waals surface area contributed by atoms with E-state index >= 15 is 0 Å². The molecule has 1 fully saturated rings. The van der Waals surface area contributed by atoms with Crippen molar-refractivity contribution in [2.45, 2.75) is 30.2 Å². The van der Waals surface area contributed by atoms with Crippen LogP contribution in [0.1, 0.15) is 19.3 Å². The largest absolute Gasteiger partial charge is 0.457 e. The van der Waals surface area contributed by atoms with Gasteiger partial charge in [0.1, 0.15) is 17.5 Å². The third-order valence-electron chi connectivity index (χ3n) is 4.18. The highest BCUT2D eigenvalue weighted by Crippen LogP contribution is 2.28. The minimum Gasteiger partial charge on any atom is -0.457 e. The first-order chi connectivity index (χ1) is 12.5. The summed E-state index contributed by atoms with van der Waals surface area (Å²) in [6, 6.07) is 8.46. The van der Waals surface area contributed by atoms with E-state index in [1.54, 1.807) is 42.1 Å². The number of hydrogen-bond donors (Lipinski definition) is 2. The van der Waals surface area contributed by atoms with Crippen LogP contribution in [0.4, 0.5) is 0 Å². The highest BCUT2D eigenvalue weighted by atomic mass is 32.2. The molecule has 1 aromatic heterocycles. The normalized spacial score (nSPS) is 18.3. The second kappa shape index (κ2) is 7.81. The van der Waals surface area contributed by atoms with E-state index in [2.05, 4.69) is 4.98 Å². The van der Waals surface area contributed by atoms with E-state index in [1.165, 1.54) is 12.1 Å². The first-order valence-corrected chi connectivity index (χ1v) is 9.60. The van der Waals surface area contributed by atoms with E-state index in [0.29, 0.717) is 24.3 Å². The highest BCUT2D eigenvalue weighted by molar-refractivity contribution is 7.89. The van der Waals surface area contributed by atoms with Crippen molar-refractivity contribution < 1.29 is 23.2 Å². The number of amides is 1. The van der Waals surface area contributed by atoms with Crippen LogP contribution in [-0.4, -0.2) is 41.4 Å². The molecule has 1 aliphatic rings. The number of hydroxylamine groups is 1. The Morgan fingerprint density at radius 1 is 1.12 bits per heavy atom. The Bertz CT molecular complexity index is 856. The number of nitrogens with one attached hydrogen (secondary N) is 1. The van der Waals surface area contributed by atoms with Gasteiger partial charge in [-0.3, -0.25) is 15.0 Å². The summed E-state index contributed by atoms with van der Waals surface area (Å²) in [4.78, 5) is 15.8. The fraction of sp³-hybridized carbons (Fsp3) is 0.294. The van der Waals surface area contributed by atoms with Gasteiger partial charge in [0.2, 0.25) is 10.0 Å². The Labute approximate surface area is 151 Å². The van der Waals surface area contributed by atoms with Crippen molar-refractivity contribution in [2.75, 3.05) is 6.54 Å². The van der Waals surface area contributed by atoms with Gasteiger partial charge in [-0.05, 0) is 49.2 Å². The molecule has 0 saturated carbocycles. The van der Waals surface area contributed by atoms with Gasteiger partial charge in [-0.2, -0.15) is 4.31 Å². The molecule has 0 radical (unpaired) electrons. The molecule has 138 valence electrons. The summed E-state index contributed by atoms with van der Waals surface area (Å²) in [5.41, 5.74) is 1.55. The van der Waals surface area contributed by atoms with Crippen LogP contribution in [0.5, 0.6) is 11.5 Å². The fourth-order valence-electron chi connectivity index (χ4n) is 2.89. The van der Waals surface area contributed by atoms with Gasteiger partial charge in [-0.25, -0.2) is 13.9 Å². The number of aromatic nitrogens is 1. The summed E-state index contributed by atoms with van der Waals surface area (Å²) in [6.07, 6.45) is 4.95. The van der Waals surface area contributed by atoms with Gasteiger partial charge in [-0.1, -0.05) is 6.42 Å². The molecule has 2 aromatic rings. The summed E-state index contributed by atoms with van der Waals surface area (Å²) in [5.74, 6) is 0.357. The summed E-state index contributed by atoms with van der Waals surface area (Å²) in [5, 5.41) is 8.88. The SMILES string of the molecule is O=C(NO)C1CCCCN1S(=O)(=O)c1ccc(Oc2ccncc2)cc1. The van der Waals surface area contributed by atoms with Gasteiger partial charge in [0, 0.05) is 18.9 Å². The van der Waals surface area contributed by atoms with Crippen LogP contribution in [0.2, 0.25) is 0 Å². The van der Waals surface area contributed by atoms with E-state index in [0.717, 1.165) is 10.7 Å². The molecule has 1 unspecified atom stereocenters. The molecule has 1 aromatic carbocycles. The quantitative estimate of drug-likeness (QED) is 0.609. The lowest BCUT2D eigenvalue weighted by molar-refractivity contribution is -0.134. The molecular weight excluding hydrogens is 358 g/mol. The van der Waals surface area contributed by atoms with Gasteiger partial charge in [-0.15, -0.1) is 0 Å². The maximum Gasteiger partial charge on any atom is 0.261 e. The van der Waals surface area contributed by atoms with Crippen LogP contribution in [0.25, 0.3) is 0 Å². The molecule has 1 atom stereocenters. The lowest BCUT2D eigenvalue weighted by Gasteiger charge is -2.33. The van der Waals surface area contributed by atoms with Crippen LogP contribution in [0.3, 0.4) is 0 Å². The second-order valence-electron chi connectivity index (χ2n) is 5.86. The van der Waals surface area contributed by atoms with Crippen molar-refractivity contribution in [1.29, 1.82) is 0 Å². The highest BCUT2D eigenvalue weighted by Gasteiger charge is 2.37. The summed E-state index contributed by atoms with van der Waals surface area (Å²) in [6.45, 7) is 0.232. The predicted molar refractivity (Wildman–Crippen MR) is 92.2 cm³/mol. The van der Waals surface area contributed by atoms with Gasteiger partial charge in [0.05, 0.1) is 4.90 Å². The van der Waals surface area contributed by atoms with E-state index < -0.39 is 22.0 Å². The van der Waals surface area contributed by atoms with Crippen LogP contribution in [-0.2, 0) is 14.8 Å². The fourth-order valence-corrected chi connectivity index (χ4v) is 4.54. The van der Waals surface area contributed by atoms with Crippen LogP contribution >= 0.6 is 0 Å². The number of nitrogens with zero attached hydrogens (tertiary/aromatic N) is 2. The topological polar surface area (TPSA) is 109 Å². The third kappa shape index (κ3) is 3.85. The molecule has 0 aliphatic carbocycles. The van der Waals surface area contributed by atoms with E-state index in [9.17, 15) is 13.2 Å². The van der Waals surface area contributed by atoms with Crippen molar-refractivity contribution in [3.8, 4) is 11.5 Å². The molecule has 2 N–H and O–H groups in total. The van der Waals surface area contributed by atoms with Crippen molar-refractivity contribution in [2.24, 2.45) is 0 Å². The third-order valence-corrected chi connectivity index (χ3v) is 6.10. The van der Waals surface area contributed by atoms with E-state index in [-0.39, 0.29) is 11.4 Å². The van der Waals surface area contributed by atoms with Crippen molar-refractivity contribution in [3.05, 3.63) is 48.8 Å². The number of carbonyl (C=O) groups excluding carboxylic acids is 1. The van der Waals surface area contributed by atoms with E-state index in [4.69, 9.17) is 9.94 Å². The zero-order chi connectivity index (χ0) is 18.6. The Hall–Kier alpha value is -2.49. The maximum absolute atomic E-state index is 12.9. The molecule has 0 bridgehead atoms. The van der Waals surface area contributed by atoms with E-state index in [1.807, 2.05) is 0 Å². The number of benzene rings is 1. The minimum absolute atomic E-state index is 0.0669. The Kier molecular flexibility index (Phi) is 5.50. The minimum atomic E-state index is -3.86. The summed E-state index contributed by atoms with van der Waals surface area (Å²) < 4.78 is 32.6. The Morgan fingerprint density at radius 2 is 1.77 bits per heavy atom. The smallest absolute Gasteiger partial charge is 0.261 e. The molecule has 0 spiro atoms. The predicted octanol–water partition coefficient (Wildman–Crippen LogP) is 1.92. The Balaban J connectivity index is 1.81. The molecule has 2 heterocycles. The maximum atomic E-state index is 12.9. The number of piperidine rings is 1. The van der Waals surface area contributed by atoms with Gasteiger partial charge in [0.25, 0.3) is 5.91 Å². The van der Waals surface area contributed by atoms with Gasteiger partial charge in [0.15, 0.2) is 0 Å². The Morgan fingerprint density at radius 3 is 2.42 bits per heavy atom. The standard InChI is InChI=1S/C17H19N3O5S/c21-17(19-22)16-3-1-2-12-20(16)26(23,24)15-6-4-13(5-7-15)25-14-8-10-18-11-9-14/h4-11,16,22H,1-3,12H2,(H,19,21). The summed E-state index contributed by atoms with van der Waals surface area (Å²) in [7, 11) is -3.86. The lowest BCUT2D eigenvalue weighted by atomic mass is 10.0. The molecule has 1 aliphatic heterocycles. The first-order valence-electron chi connectivity index (χ1n) is 8.16. The average Bonchev–Trinajstić information content (AvgIpc) is 2.68. The molecule has 1 saturated heterocycles. The number of ether oxygens (including phenoxy) is 1. The molecule has 8 nitrogen and oxygen atoms in total. The van der Waals surface area contributed by atoms with Gasteiger partial charge < -0.3 is 4.74 Å². The molecular formula is C17H19N3O5S. The number of hydrogen-bond acceptors (Lipinski definition) is 6. The van der Waals surface area contributed by atoms with Gasteiger partial charge >= 0.3 is 0 Å². The number of pyridine rings is 1. The van der Waals surface area contributed by atoms with Crippen molar-refractivity contribution in [3.63, 3.8) is 0 Å². The molecule has 3 rings (SSSR count). The van der Waals surface area contributed by atoms with Crippen LogP contribution in [0, 0.1) is 0 Å². The number of carbonyl (C=O) groups is 1. The number of rotatable bonds is 5. The lowest BCUT2D eigenvalue weighted by Crippen LogP contribution is -2.51. The molecule has 26 heavy (non-hydrogen) atoms. The van der Waals surface area contributed by atoms with Crippen LogP contribution in [0.15, 0.2) is 53.7 Å². The monoisotopic (exact) mass is 377 g/mol. The zero-order valence-corrected chi connectivity index (χ0v) is 14.7. The number of sulfonamides is 1. The second-order valence-corrected chi connectivity index (χ2v) is 7.75. The first kappa shape index (κ1) is 18.3. The summed E-state index contributed by atoms with van der Waals surface area (Å²) >= 11 is 0.